The maximum Gasteiger partial charge on any atom is 0.163 e. The Morgan fingerprint density at radius 1 is 1.00 bits per heavy atom. The number of anilines is 2. The van der Waals surface area contributed by atoms with Crippen LogP contribution in [0, 0.1) is 0 Å². The topological polar surface area (TPSA) is 72.0 Å². The largest absolute Gasteiger partial charge is 0.376 e. The van der Waals surface area contributed by atoms with Crippen LogP contribution in [-0.2, 0) is 11.3 Å². The Hall–Kier alpha value is -2.99. The maximum absolute atomic E-state index is 5.70. The fourth-order valence-corrected chi connectivity index (χ4v) is 3.06. The number of benzene rings is 1. The Kier molecular flexibility index (Phi) is 5.55. The van der Waals surface area contributed by atoms with E-state index in [2.05, 4.69) is 25.6 Å². The fourth-order valence-electron chi connectivity index (χ4n) is 3.06. The predicted octanol–water partition coefficient (Wildman–Crippen LogP) is 3.74. The maximum atomic E-state index is 5.70. The molecule has 0 radical (unpaired) electrons. The Labute approximate surface area is 159 Å². The van der Waals surface area contributed by atoms with Crippen molar-refractivity contribution in [2.75, 3.05) is 23.8 Å². The monoisotopic (exact) mass is 361 g/mol. The molecule has 4 rings (SSSR count). The van der Waals surface area contributed by atoms with Crippen LogP contribution in [0.15, 0.2) is 60.9 Å². The van der Waals surface area contributed by atoms with E-state index in [1.54, 1.807) is 6.20 Å². The molecule has 1 aromatic carbocycles. The van der Waals surface area contributed by atoms with Gasteiger partial charge in [-0.15, -0.1) is 0 Å². The van der Waals surface area contributed by atoms with Crippen molar-refractivity contribution in [2.24, 2.45) is 0 Å². The van der Waals surface area contributed by atoms with Gasteiger partial charge >= 0.3 is 0 Å². The van der Waals surface area contributed by atoms with Gasteiger partial charge in [0.1, 0.15) is 11.6 Å². The zero-order valence-corrected chi connectivity index (χ0v) is 15.1. The summed E-state index contributed by atoms with van der Waals surface area (Å²) in [6.07, 6.45) is 6.10. The number of nitrogens with one attached hydrogen (secondary N) is 2. The molecular weight excluding hydrogens is 338 g/mol. The molecule has 0 saturated carbocycles. The molecule has 0 amide bonds. The summed E-state index contributed by atoms with van der Waals surface area (Å²) in [4.78, 5) is 13.5. The van der Waals surface area contributed by atoms with E-state index >= 15 is 0 Å². The van der Waals surface area contributed by atoms with E-state index in [0.29, 0.717) is 12.4 Å². The summed E-state index contributed by atoms with van der Waals surface area (Å²) in [6.45, 7) is 2.26. The van der Waals surface area contributed by atoms with Crippen LogP contribution >= 0.6 is 0 Å². The smallest absolute Gasteiger partial charge is 0.163 e. The molecule has 1 fully saturated rings. The Morgan fingerprint density at radius 2 is 1.85 bits per heavy atom. The number of hydrogen-bond acceptors (Lipinski definition) is 6. The molecule has 0 bridgehead atoms. The number of pyridine rings is 1. The Bertz CT molecular complexity index is 851. The molecule has 1 saturated heterocycles. The standard InChI is InChI=1S/C21H23N5O/c1-2-7-17(8-3-1)21-25-19(23-14-16-6-4-10-22-13-16)12-20(26-21)24-15-18-9-5-11-27-18/h1-4,6-8,10,12-13,18H,5,9,11,14-15H2,(H2,23,24,25,26). The van der Waals surface area contributed by atoms with Crippen LogP contribution in [0.5, 0.6) is 0 Å². The minimum atomic E-state index is 0.256. The van der Waals surface area contributed by atoms with E-state index in [-0.39, 0.29) is 6.10 Å². The lowest BCUT2D eigenvalue weighted by Gasteiger charge is -2.14. The zero-order valence-electron chi connectivity index (χ0n) is 15.1. The van der Waals surface area contributed by atoms with Crippen molar-refractivity contribution >= 4 is 11.6 Å². The molecule has 3 aromatic rings. The fraction of sp³-hybridized carbons (Fsp3) is 0.286. The highest BCUT2D eigenvalue weighted by Crippen LogP contribution is 2.21. The third kappa shape index (κ3) is 4.80. The van der Waals surface area contributed by atoms with Crippen molar-refractivity contribution in [2.45, 2.75) is 25.5 Å². The van der Waals surface area contributed by atoms with E-state index in [0.717, 1.165) is 48.8 Å². The molecule has 0 aliphatic carbocycles. The summed E-state index contributed by atoms with van der Waals surface area (Å²) in [5, 5.41) is 6.78. The Morgan fingerprint density at radius 3 is 2.59 bits per heavy atom. The summed E-state index contributed by atoms with van der Waals surface area (Å²) < 4.78 is 5.70. The van der Waals surface area contributed by atoms with Crippen molar-refractivity contribution < 1.29 is 4.74 Å². The van der Waals surface area contributed by atoms with Gasteiger partial charge in [0.15, 0.2) is 5.82 Å². The average molecular weight is 361 g/mol. The third-order valence-electron chi connectivity index (χ3n) is 4.49. The van der Waals surface area contributed by atoms with E-state index in [1.165, 1.54) is 0 Å². The first kappa shape index (κ1) is 17.4. The zero-order chi connectivity index (χ0) is 18.3. The summed E-state index contributed by atoms with van der Waals surface area (Å²) >= 11 is 0. The lowest BCUT2D eigenvalue weighted by molar-refractivity contribution is 0.120. The van der Waals surface area contributed by atoms with E-state index < -0.39 is 0 Å². The molecule has 2 aromatic heterocycles. The summed E-state index contributed by atoms with van der Waals surface area (Å²) in [5.74, 6) is 2.28. The molecule has 27 heavy (non-hydrogen) atoms. The van der Waals surface area contributed by atoms with E-state index in [9.17, 15) is 0 Å². The van der Waals surface area contributed by atoms with Crippen LogP contribution in [0.3, 0.4) is 0 Å². The van der Waals surface area contributed by atoms with Crippen LogP contribution in [0.4, 0.5) is 11.6 Å². The second-order valence-corrected chi connectivity index (χ2v) is 6.56. The third-order valence-corrected chi connectivity index (χ3v) is 4.49. The second-order valence-electron chi connectivity index (χ2n) is 6.56. The number of ether oxygens (including phenoxy) is 1. The van der Waals surface area contributed by atoms with Gasteiger partial charge in [-0.05, 0) is 24.5 Å². The summed E-state index contributed by atoms with van der Waals surface area (Å²) in [6, 6.07) is 15.9. The van der Waals surface area contributed by atoms with Crippen molar-refractivity contribution in [3.63, 3.8) is 0 Å². The molecular formula is C21H23N5O. The minimum Gasteiger partial charge on any atom is -0.376 e. The highest BCUT2D eigenvalue weighted by atomic mass is 16.5. The highest BCUT2D eigenvalue weighted by Gasteiger charge is 2.15. The summed E-state index contributed by atoms with van der Waals surface area (Å²) in [7, 11) is 0. The van der Waals surface area contributed by atoms with Crippen molar-refractivity contribution in [3.05, 3.63) is 66.5 Å². The van der Waals surface area contributed by atoms with Crippen molar-refractivity contribution in [1.82, 2.24) is 15.0 Å². The van der Waals surface area contributed by atoms with Gasteiger partial charge in [0.2, 0.25) is 0 Å². The molecule has 6 heteroatoms. The van der Waals surface area contributed by atoms with Crippen LogP contribution < -0.4 is 10.6 Å². The molecule has 3 heterocycles. The van der Waals surface area contributed by atoms with Crippen molar-refractivity contribution in [3.8, 4) is 11.4 Å². The first-order valence-corrected chi connectivity index (χ1v) is 9.29. The summed E-state index contributed by atoms with van der Waals surface area (Å²) in [5.41, 5.74) is 2.09. The predicted molar refractivity (Wildman–Crippen MR) is 106 cm³/mol. The van der Waals surface area contributed by atoms with Gasteiger partial charge in [-0.3, -0.25) is 4.98 Å². The SMILES string of the molecule is c1ccc(-c2nc(NCc3cccnc3)cc(NCC3CCCO3)n2)cc1. The average Bonchev–Trinajstić information content (AvgIpc) is 3.26. The number of nitrogens with zero attached hydrogens (tertiary/aromatic N) is 3. The van der Waals surface area contributed by atoms with E-state index in [4.69, 9.17) is 4.74 Å². The molecule has 0 spiro atoms. The molecule has 1 aliphatic heterocycles. The molecule has 1 unspecified atom stereocenters. The first-order chi connectivity index (χ1) is 13.4. The van der Waals surface area contributed by atoms with Gasteiger partial charge in [0.25, 0.3) is 0 Å². The van der Waals surface area contributed by atoms with Crippen LogP contribution in [0.2, 0.25) is 0 Å². The first-order valence-electron chi connectivity index (χ1n) is 9.29. The van der Waals surface area contributed by atoms with Gasteiger partial charge in [0, 0.05) is 43.7 Å². The van der Waals surface area contributed by atoms with Gasteiger partial charge in [0.05, 0.1) is 6.10 Å². The number of hydrogen-bond donors (Lipinski definition) is 2. The number of aromatic nitrogens is 3. The Balaban J connectivity index is 1.53. The quantitative estimate of drug-likeness (QED) is 0.668. The molecule has 1 aliphatic rings. The van der Waals surface area contributed by atoms with Crippen LogP contribution in [-0.4, -0.2) is 34.2 Å². The molecule has 1 atom stereocenters. The highest BCUT2D eigenvalue weighted by molar-refractivity contribution is 5.61. The number of rotatable bonds is 7. The van der Waals surface area contributed by atoms with Gasteiger partial charge in [-0.1, -0.05) is 36.4 Å². The van der Waals surface area contributed by atoms with Crippen molar-refractivity contribution in [1.29, 1.82) is 0 Å². The molecule has 2 N–H and O–H groups in total. The lowest BCUT2D eigenvalue weighted by Crippen LogP contribution is -2.19. The van der Waals surface area contributed by atoms with Crippen LogP contribution in [0.25, 0.3) is 11.4 Å². The second kappa shape index (κ2) is 8.60. The van der Waals surface area contributed by atoms with Crippen LogP contribution in [0.1, 0.15) is 18.4 Å². The minimum absolute atomic E-state index is 0.256. The molecule has 6 nitrogen and oxygen atoms in total. The van der Waals surface area contributed by atoms with Gasteiger partial charge in [-0.25, -0.2) is 9.97 Å². The molecule has 138 valence electrons. The van der Waals surface area contributed by atoms with Gasteiger partial charge < -0.3 is 15.4 Å². The lowest BCUT2D eigenvalue weighted by atomic mass is 10.2. The van der Waals surface area contributed by atoms with Gasteiger partial charge in [-0.2, -0.15) is 0 Å². The van der Waals surface area contributed by atoms with E-state index in [1.807, 2.05) is 54.7 Å². The normalized spacial score (nSPS) is 16.2.